The Hall–Kier alpha value is -1.04. The van der Waals surface area contributed by atoms with E-state index in [1.807, 2.05) is 16.1 Å². The van der Waals surface area contributed by atoms with Gasteiger partial charge in [0.2, 0.25) is 0 Å². The first-order chi connectivity index (χ1) is 8.67. The number of nitrogens with zero attached hydrogens (tertiary/aromatic N) is 2. The Morgan fingerprint density at radius 2 is 2.39 bits per heavy atom. The van der Waals surface area contributed by atoms with E-state index >= 15 is 0 Å². The number of nitrogens with two attached hydrogens (primary N) is 1. The molecule has 4 nitrogen and oxygen atoms in total. The summed E-state index contributed by atoms with van der Waals surface area (Å²) in [5, 5.41) is 6.81. The van der Waals surface area contributed by atoms with Gasteiger partial charge in [-0.1, -0.05) is 18.5 Å². The van der Waals surface area contributed by atoms with Crippen molar-refractivity contribution in [1.29, 1.82) is 0 Å². The maximum atomic E-state index is 6.27. The van der Waals surface area contributed by atoms with Gasteiger partial charge in [-0.15, -0.1) is 11.3 Å². The van der Waals surface area contributed by atoms with Crippen LogP contribution in [0.5, 0.6) is 5.75 Å². The van der Waals surface area contributed by atoms with E-state index < -0.39 is 0 Å². The molecule has 6 heteroatoms. The second kappa shape index (κ2) is 5.73. The zero-order valence-electron chi connectivity index (χ0n) is 10.4. The van der Waals surface area contributed by atoms with E-state index in [-0.39, 0.29) is 6.04 Å². The van der Waals surface area contributed by atoms with E-state index in [0.29, 0.717) is 5.02 Å². The highest BCUT2D eigenvalue weighted by molar-refractivity contribution is 7.10. The Morgan fingerprint density at radius 1 is 1.61 bits per heavy atom. The molecule has 0 saturated heterocycles. The van der Waals surface area contributed by atoms with Crippen LogP contribution in [0.25, 0.3) is 0 Å². The highest BCUT2D eigenvalue weighted by Gasteiger charge is 2.20. The van der Waals surface area contributed by atoms with Gasteiger partial charge in [0.05, 0.1) is 30.1 Å². The summed E-state index contributed by atoms with van der Waals surface area (Å²) in [5.74, 6) is 0.822. The molecule has 2 aromatic heterocycles. The molecule has 0 bridgehead atoms. The first-order valence-electron chi connectivity index (χ1n) is 5.76. The third-order valence-corrected chi connectivity index (χ3v) is 3.99. The molecule has 0 aliphatic rings. The van der Waals surface area contributed by atoms with Gasteiger partial charge in [0.15, 0.2) is 0 Å². The number of thiophene rings is 1. The smallest absolute Gasteiger partial charge is 0.129 e. The van der Waals surface area contributed by atoms with Crippen LogP contribution < -0.4 is 10.5 Å². The summed E-state index contributed by atoms with van der Waals surface area (Å²) in [4.78, 5) is 1.02. The van der Waals surface area contributed by atoms with Crippen LogP contribution >= 0.6 is 22.9 Å². The van der Waals surface area contributed by atoms with Crippen LogP contribution in [0, 0.1) is 0 Å². The third kappa shape index (κ3) is 2.53. The summed E-state index contributed by atoms with van der Waals surface area (Å²) < 4.78 is 7.04. The van der Waals surface area contributed by atoms with E-state index in [2.05, 4.69) is 12.0 Å². The zero-order valence-corrected chi connectivity index (χ0v) is 12.0. The van der Waals surface area contributed by atoms with E-state index in [1.54, 1.807) is 24.6 Å². The topological polar surface area (TPSA) is 53.1 Å². The number of ether oxygens (including phenoxy) is 1. The summed E-state index contributed by atoms with van der Waals surface area (Å²) in [6.45, 7) is 2.91. The van der Waals surface area contributed by atoms with E-state index in [1.165, 1.54) is 0 Å². The molecule has 0 aliphatic heterocycles. The van der Waals surface area contributed by atoms with Crippen molar-refractivity contribution in [3.8, 4) is 5.75 Å². The first kappa shape index (κ1) is 13.4. The number of halogens is 1. The molecule has 1 unspecified atom stereocenters. The molecule has 2 N–H and O–H groups in total. The molecule has 2 aromatic rings. The van der Waals surface area contributed by atoms with Gasteiger partial charge in [-0.2, -0.15) is 5.10 Å². The highest BCUT2D eigenvalue weighted by Crippen LogP contribution is 2.32. The molecule has 18 heavy (non-hydrogen) atoms. The van der Waals surface area contributed by atoms with Gasteiger partial charge in [-0.3, -0.25) is 4.68 Å². The van der Waals surface area contributed by atoms with Crippen molar-refractivity contribution >= 4 is 22.9 Å². The molecular weight excluding hydrogens is 270 g/mol. The predicted molar refractivity (Wildman–Crippen MR) is 74.4 cm³/mol. The fourth-order valence-electron chi connectivity index (χ4n) is 1.81. The number of hydrogen-bond donors (Lipinski definition) is 1. The van der Waals surface area contributed by atoms with Crippen molar-refractivity contribution in [2.24, 2.45) is 5.73 Å². The number of aromatic nitrogens is 2. The molecule has 2 rings (SSSR count). The second-order valence-electron chi connectivity index (χ2n) is 3.97. The van der Waals surface area contributed by atoms with Gasteiger partial charge in [0.25, 0.3) is 0 Å². The van der Waals surface area contributed by atoms with Crippen molar-refractivity contribution in [2.75, 3.05) is 7.11 Å². The van der Waals surface area contributed by atoms with Gasteiger partial charge in [0, 0.05) is 16.8 Å². The van der Waals surface area contributed by atoms with Crippen LogP contribution in [0.4, 0.5) is 0 Å². The Bertz CT molecular complexity index is 523. The second-order valence-corrected chi connectivity index (χ2v) is 5.32. The van der Waals surface area contributed by atoms with Gasteiger partial charge in [0.1, 0.15) is 5.75 Å². The van der Waals surface area contributed by atoms with Gasteiger partial charge < -0.3 is 10.5 Å². The average molecular weight is 286 g/mol. The summed E-state index contributed by atoms with van der Waals surface area (Å²) in [5.41, 5.74) is 7.13. The normalized spacial score (nSPS) is 12.7. The van der Waals surface area contributed by atoms with Crippen molar-refractivity contribution in [2.45, 2.75) is 25.9 Å². The number of rotatable bonds is 5. The lowest BCUT2D eigenvalue weighted by molar-refractivity contribution is 0.416. The van der Waals surface area contributed by atoms with Crippen molar-refractivity contribution in [3.05, 3.63) is 33.2 Å². The van der Waals surface area contributed by atoms with Gasteiger partial charge >= 0.3 is 0 Å². The predicted octanol–water partition coefficient (Wildman–Crippen LogP) is 3.06. The molecule has 0 spiro atoms. The largest absolute Gasteiger partial charge is 0.496 e. The SMILES string of the molecule is CCCn1ncc(Cl)c1C(N)c1cc(OC)cs1. The van der Waals surface area contributed by atoms with Crippen LogP contribution in [-0.2, 0) is 6.54 Å². The summed E-state index contributed by atoms with van der Waals surface area (Å²) >= 11 is 7.74. The quantitative estimate of drug-likeness (QED) is 0.918. The maximum Gasteiger partial charge on any atom is 0.129 e. The molecule has 1 atom stereocenters. The van der Waals surface area contributed by atoms with Crippen LogP contribution in [0.3, 0.4) is 0 Å². The minimum absolute atomic E-state index is 0.263. The Kier molecular flexibility index (Phi) is 4.27. The number of methoxy groups -OCH3 is 1. The van der Waals surface area contributed by atoms with E-state index in [9.17, 15) is 0 Å². The zero-order chi connectivity index (χ0) is 13.1. The molecule has 0 aromatic carbocycles. The molecule has 0 radical (unpaired) electrons. The Balaban J connectivity index is 2.32. The van der Waals surface area contributed by atoms with Crippen LogP contribution in [0.15, 0.2) is 17.6 Å². The lowest BCUT2D eigenvalue weighted by Crippen LogP contribution is -2.17. The van der Waals surface area contributed by atoms with Crippen molar-refractivity contribution < 1.29 is 4.74 Å². The van der Waals surface area contributed by atoms with Crippen LogP contribution in [0.1, 0.15) is 30.0 Å². The molecule has 2 heterocycles. The van der Waals surface area contributed by atoms with E-state index in [0.717, 1.165) is 29.3 Å². The summed E-state index contributed by atoms with van der Waals surface area (Å²) in [6.07, 6.45) is 2.64. The van der Waals surface area contributed by atoms with Gasteiger partial charge in [-0.25, -0.2) is 0 Å². The Labute approximate surface area is 115 Å². The minimum Gasteiger partial charge on any atom is -0.496 e. The van der Waals surface area contributed by atoms with Crippen LogP contribution in [0.2, 0.25) is 5.02 Å². The lowest BCUT2D eigenvalue weighted by atomic mass is 10.2. The number of aryl methyl sites for hydroxylation is 1. The molecule has 0 fully saturated rings. The lowest BCUT2D eigenvalue weighted by Gasteiger charge is -2.13. The van der Waals surface area contributed by atoms with Crippen LogP contribution in [-0.4, -0.2) is 16.9 Å². The molecule has 0 aliphatic carbocycles. The van der Waals surface area contributed by atoms with Gasteiger partial charge in [-0.05, 0) is 12.5 Å². The third-order valence-electron chi connectivity index (χ3n) is 2.70. The van der Waals surface area contributed by atoms with E-state index in [4.69, 9.17) is 22.1 Å². The fourth-order valence-corrected chi connectivity index (χ4v) is 2.93. The minimum atomic E-state index is -0.263. The average Bonchev–Trinajstić information content (AvgIpc) is 2.96. The fraction of sp³-hybridized carbons (Fsp3) is 0.417. The summed E-state index contributed by atoms with van der Waals surface area (Å²) in [6, 6.07) is 1.68. The molecule has 0 saturated carbocycles. The Morgan fingerprint density at radius 3 is 3.00 bits per heavy atom. The maximum absolute atomic E-state index is 6.27. The molecule has 98 valence electrons. The monoisotopic (exact) mass is 285 g/mol. The van der Waals surface area contributed by atoms with Crippen molar-refractivity contribution in [1.82, 2.24) is 9.78 Å². The highest BCUT2D eigenvalue weighted by atomic mass is 35.5. The number of hydrogen-bond acceptors (Lipinski definition) is 4. The standard InChI is InChI=1S/C12H16ClN3OS/c1-3-4-16-12(9(13)6-15-16)11(14)10-5-8(17-2)7-18-10/h5-7,11H,3-4,14H2,1-2H3. The molecular formula is C12H16ClN3OS. The first-order valence-corrected chi connectivity index (χ1v) is 7.02. The van der Waals surface area contributed by atoms with Crippen molar-refractivity contribution in [3.63, 3.8) is 0 Å². The molecule has 0 amide bonds. The summed E-state index contributed by atoms with van der Waals surface area (Å²) in [7, 11) is 1.64.